The summed E-state index contributed by atoms with van der Waals surface area (Å²) in [7, 11) is 6.58. The maximum absolute atomic E-state index is 11.8. The number of hydrogen-bond donors (Lipinski definition) is 6. The van der Waals surface area contributed by atoms with Crippen LogP contribution in [0.2, 0.25) is 0 Å². The van der Waals surface area contributed by atoms with E-state index in [2.05, 4.69) is 5.32 Å². The molecule has 2 radical (unpaired) electrons. The highest BCUT2D eigenvalue weighted by Crippen LogP contribution is 2.45. The summed E-state index contributed by atoms with van der Waals surface area (Å²) >= 11 is 0. The molecule has 2 amide bonds. The van der Waals surface area contributed by atoms with Gasteiger partial charge in [0, 0.05) is 7.05 Å². The molecular formula is C11H10BN3O6. The van der Waals surface area contributed by atoms with Crippen molar-refractivity contribution in [2.24, 2.45) is 0 Å². The Morgan fingerprint density at radius 3 is 2.00 bits per heavy atom. The smallest absolute Gasteiger partial charge is 0.259 e. The van der Waals surface area contributed by atoms with Gasteiger partial charge in [0.15, 0.2) is 23.0 Å². The Morgan fingerprint density at radius 2 is 1.62 bits per heavy atom. The Hall–Kier alpha value is -3.09. The lowest BCUT2D eigenvalue weighted by Crippen LogP contribution is -2.46. The lowest BCUT2D eigenvalue weighted by atomic mass is 9.95. The van der Waals surface area contributed by atoms with Crippen molar-refractivity contribution in [3.63, 3.8) is 0 Å². The second-order valence-corrected chi connectivity index (χ2v) is 3.82. The number of carbonyl (C=O) groups is 2. The van der Waals surface area contributed by atoms with E-state index in [1.165, 1.54) is 13.1 Å². The number of hydrogen-bond acceptors (Lipinski definition) is 7. The van der Waals surface area contributed by atoms with Gasteiger partial charge < -0.3 is 31.1 Å². The topological polar surface area (TPSA) is 163 Å². The first-order valence-corrected chi connectivity index (χ1v) is 5.44. The van der Waals surface area contributed by atoms with Crippen molar-refractivity contribution in [2.45, 2.75) is 5.94 Å². The zero-order chi connectivity index (χ0) is 16.3. The SMILES string of the molecule is [B]C(NC(=O)c1c(O)c(O)c(C#N)c(O)c1O)C(=O)NC. The quantitative estimate of drug-likeness (QED) is 0.221. The predicted octanol–water partition coefficient (Wildman–Crippen LogP) is -1.65. The minimum absolute atomic E-state index is 0.760. The Morgan fingerprint density at radius 1 is 1.14 bits per heavy atom. The van der Waals surface area contributed by atoms with Crippen molar-refractivity contribution >= 4 is 19.7 Å². The van der Waals surface area contributed by atoms with E-state index in [4.69, 9.17) is 13.1 Å². The third-order valence-corrected chi connectivity index (χ3v) is 2.55. The van der Waals surface area contributed by atoms with Crippen LogP contribution >= 0.6 is 0 Å². The number of rotatable bonds is 3. The van der Waals surface area contributed by atoms with Crippen LogP contribution in [-0.4, -0.2) is 53.1 Å². The molecule has 1 aromatic carbocycles. The molecule has 9 nitrogen and oxygen atoms in total. The number of carbonyl (C=O) groups excluding carboxylic acids is 2. The predicted molar refractivity (Wildman–Crippen MR) is 68.9 cm³/mol. The molecule has 1 unspecified atom stereocenters. The van der Waals surface area contributed by atoms with E-state index < -0.39 is 51.9 Å². The summed E-state index contributed by atoms with van der Waals surface area (Å²) in [6, 6.07) is 1.34. The molecule has 6 N–H and O–H groups in total. The molecule has 0 aliphatic carbocycles. The highest BCUT2D eigenvalue weighted by Gasteiger charge is 2.29. The van der Waals surface area contributed by atoms with Crippen molar-refractivity contribution in [3.05, 3.63) is 11.1 Å². The first kappa shape index (κ1) is 16.0. The normalized spacial score (nSPS) is 11.2. The maximum atomic E-state index is 11.8. The highest BCUT2D eigenvalue weighted by molar-refractivity contribution is 6.25. The van der Waals surface area contributed by atoms with Crippen molar-refractivity contribution in [3.8, 4) is 29.1 Å². The Labute approximate surface area is 119 Å². The number of nitrogens with zero attached hydrogens (tertiary/aromatic N) is 1. The van der Waals surface area contributed by atoms with Crippen LogP contribution in [0.3, 0.4) is 0 Å². The van der Waals surface area contributed by atoms with Crippen molar-refractivity contribution < 1.29 is 30.0 Å². The fraction of sp³-hybridized carbons (Fsp3) is 0.182. The molecule has 21 heavy (non-hydrogen) atoms. The van der Waals surface area contributed by atoms with Gasteiger partial charge in [0.1, 0.15) is 25.0 Å². The van der Waals surface area contributed by atoms with Crippen molar-refractivity contribution in [1.29, 1.82) is 5.26 Å². The molecule has 0 aliphatic heterocycles. The molecule has 0 saturated carbocycles. The van der Waals surface area contributed by atoms with E-state index in [0.717, 1.165) is 0 Å². The zero-order valence-electron chi connectivity index (χ0n) is 10.7. The molecule has 0 bridgehead atoms. The molecule has 108 valence electrons. The summed E-state index contributed by atoms with van der Waals surface area (Å²) < 4.78 is 0. The van der Waals surface area contributed by atoms with Gasteiger partial charge in [0.2, 0.25) is 5.91 Å². The monoisotopic (exact) mass is 291 g/mol. The third kappa shape index (κ3) is 2.76. The zero-order valence-corrected chi connectivity index (χ0v) is 10.7. The molecule has 0 heterocycles. The second-order valence-electron chi connectivity index (χ2n) is 3.82. The number of aromatic hydroxyl groups is 4. The van der Waals surface area contributed by atoms with Crippen LogP contribution in [0.1, 0.15) is 15.9 Å². The van der Waals surface area contributed by atoms with Gasteiger partial charge >= 0.3 is 0 Å². The van der Waals surface area contributed by atoms with E-state index in [9.17, 15) is 30.0 Å². The molecule has 0 spiro atoms. The fourth-order valence-electron chi connectivity index (χ4n) is 1.45. The molecule has 10 heteroatoms. The number of likely N-dealkylation sites (N-methyl/N-ethyl adjacent to an activating group) is 1. The van der Waals surface area contributed by atoms with Gasteiger partial charge in [0.05, 0.1) is 5.94 Å². The van der Waals surface area contributed by atoms with E-state index >= 15 is 0 Å². The average Bonchev–Trinajstić information content (AvgIpc) is 2.45. The fourth-order valence-corrected chi connectivity index (χ4v) is 1.45. The third-order valence-electron chi connectivity index (χ3n) is 2.55. The van der Waals surface area contributed by atoms with Gasteiger partial charge in [-0.25, -0.2) is 0 Å². The first-order chi connectivity index (χ1) is 9.76. The van der Waals surface area contributed by atoms with Gasteiger partial charge in [0.25, 0.3) is 5.91 Å². The lowest BCUT2D eigenvalue weighted by Gasteiger charge is -2.15. The van der Waals surface area contributed by atoms with Crippen LogP contribution in [0, 0.1) is 11.3 Å². The summed E-state index contributed by atoms with van der Waals surface area (Å²) in [5.74, 6) is -7.95. The van der Waals surface area contributed by atoms with Crippen LogP contribution < -0.4 is 10.6 Å². The average molecular weight is 291 g/mol. The molecule has 1 atom stereocenters. The summed E-state index contributed by atoms with van der Waals surface area (Å²) in [6.45, 7) is 0. The van der Waals surface area contributed by atoms with Crippen LogP contribution in [0.25, 0.3) is 0 Å². The number of nitriles is 1. The molecule has 0 fully saturated rings. The molecule has 0 aliphatic rings. The number of amides is 2. The summed E-state index contributed by atoms with van der Waals surface area (Å²) in [6.07, 6.45) is 0. The number of nitrogens with one attached hydrogen (secondary N) is 2. The van der Waals surface area contributed by atoms with Crippen molar-refractivity contribution in [1.82, 2.24) is 10.6 Å². The second kappa shape index (κ2) is 5.91. The summed E-state index contributed by atoms with van der Waals surface area (Å²) in [5.41, 5.74) is -1.74. The van der Waals surface area contributed by atoms with Gasteiger partial charge in [-0.1, -0.05) is 0 Å². The van der Waals surface area contributed by atoms with Gasteiger partial charge in [-0.15, -0.1) is 0 Å². The standard InChI is InChI=1S/C11H10BN3O6/c1-14-11(21)9(12)15-10(20)4-7(18)5(16)3(2-13)6(17)8(4)19/h9,16-19H,1H3,(H,14,21)(H,15,20). The largest absolute Gasteiger partial charge is 0.504 e. The van der Waals surface area contributed by atoms with Gasteiger partial charge in [-0.05, 0) is 0 Å². The van der Waals surface area contributed by atoms with E-state index in [0.29, 0.717) is 0 Å². The van der Waals surface area contributed by atoms with Crippen molar-refractivity contribution in [2.75, 3.05) is 7.05 Å². The van der Waals surface area contributed by atoms with Crippen LogP contribution in [0.5, 0.6) is 23.0 Å². The molecular weight excluding hydrogens is 281 g/mol. The Kier molecular flexibility index (Phi) is 4.50. The summed E-state index contributed by atoms with van der Waals surface area (Å²) in [4.78, 5) is 23.0. The number of benzene rings is 1. The van der Waals surface area contributed by atoms with Crippen LogP contribution in [0.4, 0.5) is 0 Å². The Balaban J connectivity index is 3.30. The van der Waals surface area contributed by atoms with Crippen LogP contribution in [-0.2, 0) is 4.79 Å². The summed E-state index contributed by atoms with van der Waals surface area (Å²) in [5, 5.41) is 50.9. The Bertz CT molecular complexity index is 625. The molecule has 1 aromatic rings. The molecule has 0 aromatic heterocycles. The number of phenols is 4. The molecule has 0 saturated heterocycles. The minimum Gasteiger partial charge on any atom is -0.504 e. The number of phenolic OH excluding ortho intramolecular Hbond substituents is 4. The van der Waals surface area contributed by atoms with Gasteiger partial charge in [-0.2, -0.15) is 5.26 Å². The highest BCUT2D eigenvalue weighted by atomic mass is 16.3. The van der Waals surface area contributed by atoms with Gasteiger partial charge in [-0.3, -0.25) is 9.59 Å². The van der Waals surface area contributed by atoms with E-state index in [-0.39, 0.29) is 0 Å². The maximum Gasteiger partial charge on any atom is 0.259 e. The van der Waals surface area contributed by atoms with E-state index in [1.807, 2.05) is 5.32 Å². The van der Waals surface area contributed by atoms with Crippen LogP contribution in [0.15, 0.2) is 0 Å². The first-order valence-electron chi connectivity index (χ1n) is 5.44. The van der Waals surface area contributed by atoms with E-state index in [1.54, 1.807) is 0 Å². The lowest BCUT2D eigenvalue weighted by molar-refractivity contribution is -0.120. The molecule has 1 rings (SSSR count). The minimum atomic E-state index is -1.50.